The van der Waals surface area contributed by atoms with Crippen molar-refractivity contribution in [1.29, 1.82) is 5.26 Å². The summed E-state index contributed by atoms with van der Waals surface area (Å²) < 4.78 is 26.5. The third kappa shape index (κ3) is 5.59. The van der Waals surface area contributed by atoms with E-state index < -0.39 is 5.91 Å². The smallest absolute Gasteiger partial charge is 0.268 e. The van der Waals surface area contributed by atoms with Gasteiger partial charge in [-0.2, -0.15) is 14.6 Å². The highest BCUT2D eigenvalue weighted by molar-refractivity contribution is 7.98. The van der Waals surface area contributed by atoms with Crippen molar-refractivity contribution in [3.05, 3.63) is 53.1 Å². The van der Waals surface area contributed by atoms with Crippen LogP contribution < -0.4 is 24.3 Å². The maximum Gasteiger partial charge on any atom is 0.268 e. The standard InChI is InChI=1S/C23H20N4O5S2/c1-3-29-19-9-14(8-16(11-24)21(28)25-22-26-23(33-2)27-34-22)4-6-17(19)30-12-15-5-7-18-20(10-15)32-13-31-18/h4-10H,3,12-13H2,1-2H3,(H,25,26,27,28)/b16-8-. The van der Waals surface area contributed by atoms with Gasteiger partial charge in [-0.15, -0.1) is 0 Å². The second-order valence-corrected chi connectivity index (χ2v) is 8.35. The SMILES string of the molecule is CCOc1cc(/C=C(/C#N)C(=O)Nc2nc(SC)ns2)ccc1OCc1ccc2c(c1)OCO2. The zero-order valence-electron chi connectivity index (χ0n) is 18.4. The summed E-state index contributed by atoms with van der Waals surface area (Å²) in [5.41, 5.74) is 1.46. The molecule has 1 aliphatic rings. The number of aromatic nitrogens is 2. The van der Waals surface area contributed by atoms with E-state index in [2.05, 4.69) is 14.7 Å². The molecule has 34 heavy (non-hydrogen) atoms. The molecule has 0 radical (unpaired) electrons. The quantitative estimate of drug-likeness (QED) is 0.259. The van der Waals surface area contributed by atoms with Gasteiger partial charge in [-0.1, -0.05) is 23.9 Å². The minimum atomic E-state index is -0.563. The van der Waals surface area contributed by atoms with Gasteiger partial charge in [-0.3, -0.25) is 10.1 Å². The first kappa shape index (κ1) is 23.4. The summed E-state index contributed by atoms with van der Waals surface area (Å²) >= 11 is 2.42. The molecule has 2 heterocycles. The van der Waals surface area contributed by atoms with E-state index in [1.54, 1.807) is 18.2 Å². The third-order valence-corrected chi connectivity index (χ3v) is 5.88. The number of amides is 1. The molecule has 1 N–H and O–H groups in total. The average molecular weight is 497 g/mol. The zero-order valence-corrected chi connectivity index (χ0v) is 20.0. The monoisotopic (exact) mass is 496 g/mol. The predicted molar refractivity (Wildman–Crippen MR) is 128 cm³/mol. The number of nitrogens with zero attached hydrogens (tertiary/aromatic N) is 3. The summed E-state index contributed by atoms with van der Waals surface area (Å²) in [7, 11) is 0. The number of hydrogen-bond acceptors (Lipinski definition) is 10. The topological polar surface area (TPSA) is 116 Å². The lowest BCUT2D eigenvalue weighted by molar-refractivity contribution is -0.112. The van der Waals surface area contributed by atoms with Crippen LogP contribution in [0.4, 0.5) is 5.13 Å². The van der Waals surface area contributed by atoms with Crippen molar-refractivity contribution >= 4 is 40.4 Å². The van der Waals surface area contributed by atoms with E-state index >= 15 is 0 Å². The van der Waals surface area contributed by atoms with Gasteiger partial charge >= 0.3 is 0 Å². The Morgan fingerprint density at radius 1 is 1.24 bits per heavy atom. The first-order chi connectivity index (χ1) is 16.6. The molecular formula is C23H20N4O5S2. The largest absolute Gasteiger partial charge is 0.490 e. The number of rotatable bonds is 9. The Morgan fingerprint density at radius 2 is 2.09 bits per heavy atom. The maximum absolute atomic E-state index is 12.5. The van der Waals surface area contributed by atoms with Crippen molar-refractivity contribution in [2.45, 2.75) is 18.7 Å². The van der Waals surface area contributed by atoms with E-state index in [-0.39, 0.29) is 12.4 Å². The van der Waals surface area contributed by atoms with Crippen LogP contribution in [0.3, 0.4) is 0 Å². The molecule has 9 nitrogen and oxygen atoms in total. The van der Waals surface area contributed by atoms with Crippen LogP contribution in [-0.2, 0) is 11.4 Å². The van der Waals surface area contributed by atoms with Gasteiger partial charge in [-0.25, -0.2) is 0 Å². The Bertz CT molecular complexity index is 1270. The summed E-state index contributed by atoms with van der Waals surface area (Å²) in [5, 5.41) is 13.0. The number of nitrogens with one attached hydrogen (secondary N) is 1. The number of ether oxygens (including phenoxy) is 4. The van der Waals surface area contributed by atoms with Crippen LogP contribution in [0.25, 0.3) is 6.08 Å². The molecule has 0 saturated carbocycles. The molecule has 0 aliphatic carbocycles. The Hall–Kier alpha value is -3.75. The number of nitriles is 1. The van der Waals surface area contributed by atoms with Crippen molar-refractivity contribution in [3.8, 4) is 29.1 Å². The number of carbonyl (C=O) groups excluding carboxylic acids is 1. The summed E-state index contributed by atoms with van der Waals surface area (Å²) in [6, 6.07) is 12.8. The first-order valence-corrected chi connectivity index (χ1v) is 12.2. The fourth-order valence-corrected chi connectivity index (χ4v) is 4.14. The highest BCUT2D eigenvalue weighted by atomic mass is 32.2. The lowest BCUT2D eigenvalue weighted by atomic mass is 10.1. The van der Waals surface area contributed by atoms with E-state index in [0.29, 0.717) is 52.1 Å². The van der Waals surface area contributed by atoms with E-state index in [4.69, 9.17) is 18.9 Å². The van der Waals surface area contributed by atoms with Crippen LogP contribution in [0.5, 0.6) is 23.0 Å². The number of benzene rings is 2. The number of fused-ring (bicyclic) bond motifs is 1. The number of thioether (sulfide) groups is 1. The molecule has 11 heteroatoms. The van der Waals surface area contributed by atoms with E-state index in [1.807, 2.05) is 37.4 Å². The minimum Gasteiger partial charge on any atom is -0.490 e. The van der Waals surface area contributed by atoms with Crippen LogP contribution in [0, 0.1) is 11.3 Å². The molecule has 0 atom stereocenters. The molecule has 0 spiro atoms. The van der Waals surface area contributed by atoms with Gasteiger partial charge in [0.15, 0.2) is 23.0 Å². The van der Waals surface area contributed by atoms with Gasteiger partial charge in [0, 0.05) is 11.5 Å². The minimum absolute atomic E-state index is 0.0719. The van der Waals surface area contributed by atoms with Gasteiger partial charge in [-0.05, 0) is 54.6 Å². The molecule has 0 fully saturated rings. The predicted octanol–water partition coefficient (Wildman–Crippen LogP) is 4.51. The normalized spacial score (nSPS) is 12.2. The molecule has 3 aromatic rings. The van der Waals surface area contributed by atoms with Gasteiger partial charge < -0.3 is 18.9 Å². The highest BCUT2D eigenvalue weighted by Crippen LogP contribution is 2.34. The number of hydrogen-bond donors (Lipinski definition) is 1. The van der Waals surface area contributed by atoms with E-state index in [1.165, 1.54) is 17.8 Å². The Labute approximate surface area is 204 Å². The van der Waals surface area contributed by atoms with Crippen molar-refractivity contribution in [3.63, 3.8) is 0 Å². The summed E-state index contributed by atoms with van der Waals surface area (Å²) in [4.78, 5) is 16.7. The summed E-state index contributed by atoms with van der Waals surface area (Å²) in [5.74, 6) is 1.88. The Balaban J connectivity index is 1.48. The van der Waals surface area contributed by atoms with Crippen LogP contribution in [0.2, 0.25) is 0 Å². The second kappa shape index (κ2) is 10.9. The van der Waals surface area contributed by atoms with Gasteiger partial charge in [0.05, 0.1) is 6.61 Å². The Kier molecular flexibility index (Phi) is 7.51. The average Bonchev–Trinajstić information content (AvgIpc) is 3.51. The molecule has 1 amide bonds. The summed E-state index contributed by atoms with van der Waals surface area (Å²) in [6.45, 7) is 2.81. The van der Waals surface area contributed by atoms with Gasteiger partial charge in [0.1, 0.15) is 18.2 Å². The fourth-order valence-electron chi connectivity index (χ4n) is 3.02. The summed E-state index contributed by atoms with van der Waals surface area (Å²) in [6.07, 6.45) is 3.32. The van der Waals surface area contributed by atoms with Crippen LogP contribution in [0.1, 0.15) is 18.1 Å². The number of anilines is 1. The maximum atomic E-state index is 12.5. The van der Waals surface area contributed by atoms with Crippen molar-refractivity contribution in [2.75, 3.05) is 25.0 Å². The van der Waals surface area contributed by atoms with Crippen LogP contribution in [-0.4, -0.2) is 34.9 Å². The molecule has 4 rings (SSSR count). The van der Waals surface area contributed by atoms with E-state index in [9.17, 15) is 10.1 Å². The molecule has 0 unspecified atom stereocenters. The van der Waals surface area contributed by atoms with Crippen LogP contribution >= 0.6 is 23.3 Å². The first-order valence-electron chi connectivity index (χ1n) is 10.2. The molecule has 1 aliphatic heterocycles. The molecule has 174 valence electrons. The molecule has 2 aromatic carbocycles. The van der Waals surface area contributed by atoms with Crippen molar-refractivity contribution in [1.82, 2.24) is 9.36 Å². The Morgan fingerprint density at radius 3 is 2.85 bits per heavy atom. The molecular weight excluding hydrogens is 476 g/mol. The lowest BCUT2D eigenvalue weighted by Crippen LogP contribution is -2.13. The van der Waals surface area contributed by atoms with Crippen LogP contribution in [0.15, 0.2) is 47.1 Å². The lowest BCUT2D eigenvalue weighted by Gasteiger charge is -2.13. The van der Waals surface area contributed by atoms with Gasteiger partial charge in [0.25, 0.3) is 5.91 Å². The highest BCUT2D eigenvalue weighted by Gasteiger charge is 2.15. The third-order valence-electron chi connectivity index (χ3n) is 4.59. The zero-order chi connectivity index (χ0) is 23.9. The number of carbonyl (C=O) groups is 1. The molecule has 0 saturated heterocycles. The van der Waals surface area contributed by atoms with E-state index in [0.717, 1.165) is 17.1 Å². The van der Waals surface area contributed by atoms with Crippen molar-refractivity contribution < 1.29 is 23.7 Å². The van der Waals surface area contributed by atoms with Crippen molar-refractivity contribution in [2.24, 2.45) is 0 Å². The fraction of sp³-hybridized carbons (Fsp3) is 0.217. The molecule has 1 aromatic heterocycles. The molecule has 0 bridgehead atoms. The van der Waals surface area contributed by atoms with Gasteiger partial charge in [0.2, 0.25) is 17.1 Å². The second-order valence-electron chi connectivity index (χ2n) is 6.83.